The summed E-state index contributed by atoms with van der Waals surface area (Å²) in [6.45, 7) is 1.65. The van der Waals surface area contributed by atoms with Crippen LogP contribution >= 0.6 is 0 Å². The smallest absolute Gasteiger partial charge is 0.122 e. The van der Waals surface area contributed by atoms with Gasteiger partial charge < -0.3 is 4.57 Å². The average Bonchev–Trinajstić information content (AvgIpc) is 2.76. The third kappa shape index (κ3) is 2.96. The first kappa shape index (κ1) is 12.3. The summed E-state index contributed by atoms with van der Waals surface area (Å²) in [7, 11) is 4.06. The zero-order chi connectivity index (χ0) is 13.0. The minimum Gasteiger partial charge on any atom is -0.337 e. The van der Waals surface area contributed by atoms with Crippen LogP contribution in [-0.4, -0.2) is 21.5 Å². The summed E-state index contributed by atoms with van der Waals surface area (Å²) in [6.07, 6.45) is 3.76. The molecule has 0 aliphatic heterocycles. The van der Waals surface area contributed by atoms with Gasteiger partial charge in [0.15, 0.2) is 0 Å². The lowest BCUT2D eigenvalue weighted by Crippen LogP contribution is -2.19. The molecule has 4 heteroatoms. The first-order valence-corrected chi connectivity index (χ1v) is 5.83. The minimum atomic E-state index is 0.700. The molecule has 0 radical (unpaired) electrons. The number of rotatable bonds is 4. The van der Waals surface area contributed by atoms with Crippen LogP contribution in [0.25, 0.3) is 0 Å². The van der Waals surface area contributed by atoms with Gasteiger partial charge in [-0.25, -0.2) is 4.98 Å². The number of hydrogen-bond acceptors (Lipinski definition) is 3. The first-order chi connectivity index (χ1) is 8.69. The molecule has 0 bridgehead atoms. The Morgan fingerprint density at radius 2 is 2.00 bits per heavy atom. The van der Waals surface area contributed by atoms with Gasteiger partial charge in [-0.05, 0) is 24.7 Å². The highest BCUT2D eigenvalue weighted by molar-refractivity contribution is 5.31. The van der Waals surface area contributed by atoms with Crippen molar-refractivity contribution in [2.75, 3.05) is 7.05 Å². The van der Waals surface area contributed by atoms with Gasteiger partial charge in [-0.3, -0.25) is 4.90 Å². The topological polar surface area (TPSA) is 44.9 Å². The molecule has 1 aromatic carbocycles. The SMILES string of the molecule is CN(Cc1ccc(C#N)cc1)Cc1nccn1C. The third-order valence-corrected chi connectivity index (χ3v) is 2.87. The zero-order valence-electron chi connectivity index (χ0n) is 10.7. The first-order valence-electron chi connectivity index (χ1n) is 5.83. The predicted molar refractivity (Wildman–Crippen MR) is 69.5 cm³/mol. The number of benzene rings is 1. The fourth-order valence-corrected chi connectivity index (χ4v) is 1.84. The van der Waals surface area contributed by atoms with Crippen LogP contribution in [-0.2, 0) is 20.1 Å². The fraction of sp³-hybridized carbons (Fsp3) is 0.286. The van der Waals surface area contributed by atoms with Crippen LogP contribution in [0.3, 0.4) is 0 Å². The summed E-state index contributed by atoms with van der Waals surface area (Å²) < 4.78 is 2.02. The zero-order valence-corrected chi connectivity index (χ0v) is 10.7. The minimum absolute atomic E-state index is 0.700. The second-order valence-corrected chi connectivity index (χ2v) is 4.44. The number of aromatic nitrogens is 2. The standard InChI is InChI=1S/C14H16N4/c1-17(11-14-16-7-8-18(14)2)10-13-5-3-12(9-15)4-6-13/h3-8H,10-11H2,1-2H3. The van der Waals surface area contributed by atoms with Crippen LogP contribution in [0.1, 0.15) is 17.0 Å². The van der Waals surface area contributed by atoms with E-state index in [1.165, 1.54) is 5.56 Å². The Hall–Kier alpha value is -2.12. The van der Waals surface area contributed by atoms with Gasteiger partial charge in [0, 0.05) is 26.0 Å². The van der Waals surface area contributed by atoms with Crippen molar-refractivity contribution in [3.05, 3.63) is 53.6 Å². The molecule has 0 N–H and O–H groups in total. The van der Waals surface area contributed by atoms with E-state index in [4.69, 9.17) is 5.26 Å². The van der Waals surface area contributed by atoms with Crippen LogP contribution in [0, 0.1) is 11.3 Å². The van der Waals surface area contributed by atoms with E-state index in [-0.39, 0.29) is 0 Å². The molecule has 4 nitrogen and oxygen atoms in total. The van der Waals surface area contributed by atoms with Gasteiger partial charge in [0.05, 0.1) is 18.2 Å². The van der Waals surface area contributed by atoms with E-state index in [0.717, 1.165) is 18.9 Å². The number of hydrogen-bond donors (Lipinski definition) is 0. The van der Waals surface area contributed by atoms with Crippen LogP contribution in [0.2, 0.25) is 0 Å². The van der Waals surface area contributed by atoms with Crippen molar-refractivity contribution in [2.24, 2.45) is 7.05 Å². The molecule has 1 heterocycles. The highest BCUT2D eigenvalue weighted by Crippen LogP contribution is 2.08. The maximum absolute atomic E-state index is 8.74. The third-order valence-electron chi connectivity index (χ3n) is 2.87. The molecular weight excluding hydrogens is 224 g/mol. The lowest BCUT2D eigenvalue weighted by Gasteiger charge is -2.16. The maximum Gasteiger partial charge on any atom is 0.122 e. The molecule has 0 spiro atoms. The number of imidazole rings is 1. The molecule has 18 heavy (non-hydrogen) atoms. The molecule has 92 valence electrons. The Morgan fingerprint density at radius 3 is 2.56 bits per heavy atom. The van der Waals surface area contributed by atoms with Crippen molar-refractivity contribution in [3.8, 4) is 6.07 Å². The van der Waals surface area contributed by atoms with Gasteiger partial charge in [-0.1, -0.05) is 12.1 Å². The quantitative estimate of drug-likeness (QED) is 0.820. The summed E-state index contributed by atoms with van der Waals surface area (Å²) in [5, 5.41) is 8.74. The normalized spacial score (nSPS) is 10.6. The fourth-order valence-electron chi connectivity index (χ4n) is 1.84. The largest absolute Gasteiger partial charge is 0.337 e. The van der Waals surface area contributed by atoms with Crippen molar-refractivity contribution in [1.82, 2.24) is 14.5 Å². The lowest BCUT2D eigenvalue weighted by atomic mass is 10.1. The van der Waals surface area contributed by atoms with Crippen molar-refractivity contribution in [2.45, 2.75) is 13.1 Å². The summed E-state index contributed by atoms with van der Waals surface area (Å²) in [5.41, 5.74) is 1.90. The van der Waals surface area contributed by atoms with Crippen molar-refractivity contribution in [1.29, 1.82) is 5.26 Å². The second kappa shape index (κ2) is 5.48. The van der Waals surface area contributed by atoms with Crippen molar-refractivity contribution < 1.29 is 0 Å². The molecule has 2 aromatic rings. The maximum atomic E-state index is 8.74. The van der Waals surface area contributed by atoms with Gasteiger partial charge in [0.1, 0.15) is 5.82 Å². The summed E-state index contributed by atoms with van der Waals surface area (Å²) in [5.74, 6) is 1.05. The van der Waals surface area contributed by atoms with E-state index in [1.807, 2.05) is 48.3 Å². The Kier molecular flexibility index (Phi) is 3.75. The van der Waals surface area contributed by atoms with Crippen molar-refractivity contribution >= 4 is 0 Å². The second-order valence-electron chi connectivity index (χ2n) is 4.44. The van der Waals surface area contributed by atoms with E-state index in [2.05, 4.69) is 23.0 Å². The van der Waals surface area contributed by atoms with Crippen molar-refractivity contribution in [3.63, 3.8) is 0 Å². The number of nitriles is 1. The van der Waals surface area contributed by atoms with Crippen LogP contribution < -0.4 is 0 Å². The molecular formula is C14H16N4. The molecule has 2 rings (SSSR count). The highest BCUT2D eigenvalue weighted by atomic mass is 15.1. The van der Waals surface area contributed by atoms with Gasteiger partial charge in [-0.2, -0.15) is 5.26 Å². The van der Waals surface area contributed by atoms with Gasteiger partial charge in [0.25, 0.3) is 0 Å². The summed E-state index contributed by atoms with van der Waals surface area (Å²) in [6, 6.07) is 9.81. The molecule has 0 aliphatic carbocycles. The molecule has 0 aliphatic rings. The van der Waals surface area contributed by atoms with Crippen LogP contribution in [0.5, 0.6) is 0 Å². The average molecular weight is 240 g/mol. The molecule has 0 amide bonds. The molecule has 0 fully saturated rings. The highest BCUT2D eigenvalue weighted by Gasteiger charge is 2.05. The Labute approximate surface area is 107 Å². The van der Waals surface area contributed by atoms with Gasteiger partial charge in [-0.15, -0.1) is 0 Å². The molecule has 0 saturated heterocycles. The van der Waals surface area contributed by atoms with E-state index >= 15 is 0 Å². The number of nitrogens with zero attached hydrogens (tertiary/aromatic N) is 4. The van der Waals surface area contributed by atoms with E-state index < -0.39 is 0 Å². The molecule has 0 unspecified atom stereocenters. The van der Waals surface area contributed by atoms with E-state index in [9.17, 15) is 0 Å². The van der Waals surface area contributed by atoms with Crippen LogP contribution in [0.15, 0.2) is 36.7 Å². The summed E-state index contributed by atoms with van der Waals surface area (Å²) >= 11 is 0. The predicted octanol–water partition coefficient (Wildman–Crippen LogP) is 1.92. The monoisotopic (exact) mass is 240 g/mol. The Bertz CT molecular complexity index is 548. The van der Waals surface area contributed by atoms with Gasteiger partial charge >= 0.3 is 0 Å². The number of aryl methyl sites for hydroxylation is 1. The van der Waals surface area contributed by atoms with E-state index in [0.29, 0.717) is 5.56 Å². The molecule has 0 saturated carbocycles. The van der Waals surface area contributed by atoms with Crippen LogP contribution in [0.4, 0.5) is 0 Å². The van der Waals surface area contributed by atoms with E-state index in [1.54, 1.807) is 0 Å². The lowest BCUT2D eigenvalue weighted by molar-refractivity contribution is 0.307. The van der Waals surface area contributed by atoms with Gasteiger partial charge in [0.2, 0.25) is 0 Å². The summed E-state index contributed by atoms with van der Waals surface area (Å²) in [4.78, 5) is 6.50. The molecule has 1 aromatic heterocycles. The Morgan fingerprint density at radius 1 is 1.28 bits per heavy atom. The Balaban J connectivity index is 1.97. The molecule has 0 atom stereocenters.